The molecule has 1 saturated carbocycles. The van der Waals surface area contributed by atoms with E-state index in [4.69, 9.17) is 4.74 Å². The van der Waals surface area contributed by atoms with E-state index in [0.29, 0.717) is 6.42 Å². The Labute approximate surface area is 108 Å². The maximum Gasteiger partial charge on any atom is 0.407 e. The molecule has 1 N–H and O–H groups in total. The molecule has 0 unspecified atom stereocenters. The maximum absolute atomic E-state index is 11.7. The summed E-state index contributed by atoms with van der Waals surface area (Å²) in [5.74, 6) is -0.0668. The Morgan fingerprint density at radius 2 is 1.94 bits per heavy atom. The third-order valence-electron chi connectivity index (χ3n) is 3.02. The van der Waals surface area contributed by atoms with Gasteiger partial charge in [0.2, 0.25) is 0 Å². The van der Waals surface area contributed by atoms with Gasteiger partial charge < -0.3 is 14.8 Å². The molecule has 2 atom stereocenters. The van der Waals surface area contributed by atoms with E-state index in [9.17, 15) is 9.59 Å². The topological polar surface area (TPSA) is 64.6 Å². The van der Waals surface area contributed by atoms with Crippen LogP contribution in [0.1, 0.15) is 46.5 Å². The van der Waals surface area contributed by atoms with E-state index < -0.39 is 11.7 Å². The monoisotopic (exact) mass is 257 g/mol. The van der Waals surface area contributed by atoms with E-state index >= 15 is 0 Å². The van der Waals surface area contributed by atoms with Gasteiger partial charge in [-0.05, 0) is 39.5 Å². The molecule has 5 nitrogen and oxygen atoms in total. The van der Waals surface area contributed by atoms with Crippen molar-refractivity contribution in [3.8, 4) is 0 Å². The molecule has 0 bridgehead atoms. The first-order chi connectivity index (χ1) is 8.31. The molecule has 0 aromatic heterocycles. The lowest BCUT2D eigenvalue weighted by Crippen LogP contribution is -2.41. The average molecular weight is 257 g/mol. The van der Waals surface area contributed by atoms with E-state index in [2.05, 4.69) is 10.1 Å². The molecule has 0 spiro atoms. The van der Waals surface area contributed by atoms with Crippen LogP contribution in [-0.4, -0.2) is 30.8 Å². The molecule has 1 aliphatic rings. The van der Waals surface area contributed by atoms with Crippen molar-refractivity contribution in [2.45, 2.75) is 58.1 Å². The lowest BCUT2D eigenvalue weighted by Gasteiger charge is -2.24. The molecule has 1 fully saturated rings. The Morgan fingerprint density at radius 1 is 1.28 bits per heavy atom. The van der Waals surface area contributed by atoms with E-state index in [0.717, 1.165) is 19.3 Å². The number of hydrogen-bond donors (Lipinski definition) is 1. The van der Waals surface area contributed by atoms with Gasteiger partial charge >= 0.3 is 12.1 Å². The molecule has 1 rings (SSSR count). The summed E-state index contributed by atoms with van der Waals surface area (Å²) in [4.78, 5) is 22.9. The summed E-state index contributed by atoms with van der Waals surface area (Å²) in [5, 5.41) is 2.85. The van der Waals surface area contributed by atoms with E-state index in [1.165, 1.54) is 7.11 Å². The summed E-state index contributed by atoms with van der Waals surface area (Å²) in [6, 6.07) is 0.0129. The fraction of sp³-hybridized carbons (Fsp3) is 0.846. The van der Waals surface area contributed by atoms with Gasteiger partial charge in [-0.25, -0.2) is 4.79 Å². The van der Waals surface area contributed by atoms with Gasteiger partial charge in [0.05, 0.1) is 13.5 Å². The predicted molar refractivity (Wildman–Crippen MR) is 67.1 cm³/mol. The standard InChI is InChI=1S/C13H23NO4/c1-13(2,3)18-12(16)14-10-7-5-6-9(10)8-11(15)17-4/h9-10H,5-8H2,1-4H3,(H,14,16)/t9-,10-/m0/s1. The number of methoxy groups -OCH3 is 1. The van der Waals surface area contributed by atoms with Crippen molar-refractivity contribution in [1.82, 2.24) is 5.32 Å². The Kier molecular flexibility index (Phi) is 4.99. The lowest BCUT2D eigenvalue weighted by molar-refractivity contribution is -0.141. The number of alkyl carbamates (subject to hydrolysis) is 1. The van der Waals surface area contributed by atoms with Gasteiger partial charge in [-0.3, -0.25) is 4.79 Å². The summed E-state index contributed by atoms with van der Waals surface area (Å²) in [5.41, 5.74) is -0.499. The second-order valence-electron chi connectivity index (χ2n) is 5.72. The van der Waals surface area contributed by atoms with Crippen molar-refractivity contribution in [3.05, 3.63) is 0 Å². The number of nitrogens with one attached hydrogen (secondary N) is 1. The quantitative estimate of drug-likeness (QED) is 0.787. The van der Waals surface area contributed by atoms with Crippen LogP contribution in [0.4, 0.5) is 4.79 Å². The molecule has 0 radical (unpaired) electrons. The van der Waals surface area contributed by atoms with Crippen molar-refractivity contribution < 1.29 is 19.1 Å². The zero-order chi connectivity index (χ0) is 13.8. The van der Waals surface area contributed by atoms with Gasteiger partial charge in [-0.1, -0.05) is 6.42 Å². The Bertz CT molecular complexity index is 309. The molecule has 0 aromatic carbocycles. The molecule has 0 aliphatic heterocycles. The second kappa shape index (κ2) is 6.07. The number of esters is 1. The van der Waals surface area contributed by atoms with Crippen LogP contribution in [0.3, 0.4) is 0 Å². The van der Waals surface area contributed by atoms with E-state index in [-0.39, 0.29) is 17.9 Å². The Hall–Kier alpha value is -1.26. The highest BCUT2D eigenvalue weighted by atomic mass is 16.6. The van der Waals surface area contributed by atoms with Gasteiger partial charge in [0.1, 0.15) is 5.60 Å². The summed E-state index contributed by atoms with van der Waals surface area (Å²) in [6.07, 6.45) is 2.79. The number of carbonyl (C=O) groups is 2. The fourth-order valence-corrected chi connectivity index (χ4v) is 2.23. The highest BCUT2D eigenvalue weighted by Gasteiger charge is 2.31. The van der Waals surface area contributed by atoms with Crippen LogP contribution in [0.5, 0.6) is 0 Å². The number of amides is 1. The highest BCUT2D eigenvalue weighted by molar-refractivity contribution is 5.70. The number of rotatable bonds is 3. The Morgan fingerprint density at radius 3 is 2.50 bits per heavy atom. The SMILES string of the molecule is COC(=O)C[C@@H]1CCC[C@@H]1NC(=O)OC(C)(C)C. The van der Waals surface area contributed by atoms with Gasteiger partial charge in [0, 0.05) is 6.04 Å². The van der Waals surface area contributed by atoms with Gasteiger partial charge in [0.15, 0.2) is 0 Å². The lowest BCUT2D eigenvalue weighted by atomic mass is 10.00. The van der Waals surface area contributed by atoms with Crippen molar-refractivity contribution >= 4 is 12.1 Å². The molecule has 104 valence electrons. The fourth-order valence-electron chi connectivity index (χ4n) is 2.23. The summed E-state index contributed by atoms with van der Waals surface area (Å²) in [7, 11) is 1.38. The molecular formula is C13H23NO4. The summed E-state index contributed by atoms with van der Waals surface area (Å²) >= 11 is 0. The molecule has 1 aliphatic carbocycles. The molecule has 0 saturated heterocycles. The Balaban J connectivity index is 2.45. The van der Waals surface area contributed by atoms with Crippen LogP contribution in [0.25, 0.3) is 0 Å². The maximum atomic E-state index is 11.7. The minimum Gasteiger partial charge on any atom is -0.469 e. The zero-order valence-electron chi connectivity index (χ0n) is 11.6. The first-order valence-electron chi connectivity index (χ1n) is 6.38. The largest absolute Gasteiger partial charge is 0.469 e. The minimum atomic E-state index is -0.499. The van der Waals surface area contributed by atoms with Gasteiger partial charge in [-0.15, -0.1) is 0 Å². The molecular weight excluding hydrogens is 234 g/mol. The number of hydrogen-bond acceptors (Lipinski definition) is 4. The third-order valence-corrected chi connectivity index (χ3v) is 3.02. The average Bonchev–Trinajstić information content (AvgIpc) is 2.62. The highest BCUT2D eigenvalue weighted by Crippen LogP contribution is 2.29. The van der Waals surface area contributed by atoms with Crippen molar-refractivity contribution in [2.75, 3.05) is 7.11 Å². The predicted octanol–water partition coefficient (Wildman–Crippen LogP) is 2.24. The van der Waals surface area contributed by atoms with Gasteiger partial charge in [0.25, 0.3) is 0 Å². The summed E-state index contributed by atoms with van der Waals surface area (Å²) in [6.45, 7) is 5.48. The molecule has 5 heteroatoms. The minimum absolute atomic E-state index is 0.0129. The van der Waals surface area contributed by atoms with Crippen molar-refractivity contribution in [2.24, 2.45) is 5.92 Å². The van der Waals surface area contributed by atoms with Crippen LogP contribution in [0.2, 0.25) is 0 Å². The first kappa shape index (κ1) is 14.8. The normalized spacial score (nSPS) is 23.6. The van der Waals surface area contributed by atoms with Crippen molar-refractivity contribution in [1.29, 1.82) is 0 Å². The van der Waals surface area contributed by atoms with E-state index in [1.54, 1.807) is 0 Å². The smallest absolute Gasteiger partial charge is 0.407 e. The van der Waals surface area contributed by atoms with Crippen LogP contribution < -0.4 is 5.32 Å². The van der Waals surface area contributed by atoms with Crippen LogP contribution in [-0.2, 0) is 14.3 Å². The van der Waals surface area contributed by atoms with Crippen LogP contribution in [0, 0.1) is 5.92 Å². The zero-order valence-corrected chi connectivity index (χ0v) is 11.6. The van der Waals surface area contributed by atoms with Gasteiger partial charge in [-0.2, -0.15) is 0 Å². The number of ether oxygens (including phenoxy) is 2. The van der Waals surface area contributed by atoms with Crippen molar-refractivity contribution in [3.63, 3.8) is 0 Å². The first-order valence-corrected chi connectivity index (χ1v) is 6.38. The molecule has 0 aromatic rings. The second-order valence-corrected chi connectivity index (χ2v) is 5.72. The number of carbonyl (C=O) groups excluding carboxylic acids is 2. The third kappa shape index (κ3) is 4.94. The molecule has 1 amide bonds. The molecule has 18 heavy (non-hydrogen) atoms. The molecule has 0 heterocycles. The van der Waals surface area contributed by atoms with Crippen LogP contribution >= 0.6 is 0 Å². The van der Waals surface area contributed by atoms with E-state index in [1.807, 2.05) is 20.8 Å². The summed E-state index contributed by atoms with van der Waals surface area (Å²) < 4.78 is 9.88. The van der Waals surface area contributed by atoms with Crippen LogP contribution in [0.15, 0.2) is 0 Å².